The van der Waals surface area contributed by atoms with Crippen LogP contribution in [0.3, 0.4) is 0 Å². The highest BCUT2D eigenvalue weighted by Gasteiger charge is 2.09. The quantitative estimate of drug-likeness (QED) is 0.889. The van der Waals surface area contributed by atoms with Crippen LogP contribution in [-0.2, 0) is 4.79 Å². The van der Waals surface area contributed by atoms with Crippen molar-refractivity contribution in [1.29, 1.82) is 0 Å². The molecular weight excluding hydrogens is 256 g/mol. The summed E-state index contributed by atoms with van der Waals surface area (Å²) in [6.45, 7) is 3.86. The Morgan fingerprint density at radius 2 is 2.15 bits per heavy atom. The summed E-state index contributed by atoms with van der Waals surface area (Å²) in [5.41, 5.74) is 7.76. The van der Waals surface area contributed by atoms with Gasteiger partial charge in [0.2, 0.25) is 5.91 Å². The second-order valence-corrected chi connectivity index (χ2v) is 4.15. The average Bonchev–Trinajstić information content (AvgIpc) is 2.40. The number of carbonyl (C=O) groups excluding carboxylic acids is 1. The van der Waals surface area contributed by atoms with Gasteiger partial charge in [-0.15, -0.1) is 0 Å². The van der Waals surface area contributed by atoms with E-state index < -0.39 is 0 Å². The molecule has 0 saturated carbocycles. The van der Waals surface area contributed by atoms with Crippen molar-refractivity contribution in [1.82, 2.24) is 9.97 Å². The molecule has 0 spiro atoms. The molecule has 1 amide bonds. The zero-order chi connectivity index (χ0) is 14.5. The van der Waals surface area contributed by atoms with Gasteiger partial charge in [-0.1, -0.05) is 0 Å². The van der Waals surface area contributed by atoms with Crippen molar-refractivity contribution >= 4 is 17.4 Å². The number of anilines is 2. The summed E-state index contributed by atoms with van der Waals surface area (Å²) in [6, 6.07) is 7.13. The van der Waals surface area contributed by atoms with Crippen LogP contribution in [0.2, 0.25) is 0 Å². The van der Waals surface area contributed by atoms with E-state index in [1.165, 1.54) is 13.3 Å². The maximum atomic E-state index is 11.3. The number of nitrogen functional groups attached to an aromatic ring is 1. The monoisotopic (exact) mass is 272 g/mol. The van der Waals surface area contributed by atoms with Crippen LogP contribution < -0.4 is 15.8 Å². The third kappa shape index (κ3) is 3.23. The maximum absolute atomic E-state index is 11.3. The summed E-state index contributed by atoms with van der Waals surface area (Å²) in [4.78, 5) is 19.3. The van der Waals surface area contributed by atoms with Gasteiger partial charge >= 0.3 is 0 Å². The van der Waals surface area contributed by atoms with Crippen molar-refractivity contribution in [3.05, 3.63) is 30.6 Å². The van der Waals surface area contributed by atoms with E-state index in [0.717, 1.165) is 5.56 Å². The van der Waals surface area contributed by atoms with Gasteiger partial charge in [0, 0.05) is 18.6 Å². The minimum Gasteiger partial charge on any atom is -0.492 e. The van der Waals surface area contributed by atoms with Gasteiger partial charge in [-0.3, -0.25) is 4.79 Å². The number of nitrogens with zero attached hydrogens (tertiary/aromatic N) is 2. The first-order valence-electron chi connectivity index (χ1n) is 6.22. The lowest BCUT2D eigenvalue weighted by molar-refractivity contribution is -0.114. The van der Waals surface area contributed by atoms with Gasteiger partial charge in [0.15, 0.2) is 0 Å². The Labute approximate surface area is 117 Å². The van der Waals surface area contributed by atoms with E-state index in [-0.39, 0.29) is 5.91 Å². The molecule has 0 radical (unpaired) electrons. The van der Waals surface area contributed by atoms with E-state index in [2.05, 4.69) is 15.3 Å². The largest absolute Gasteiger partial charge is 0.492 e. The Bertz CT molecular complexity index is 628. The van der Waals surface area contributed by atoms with Crippen molar-refractivity contribution in [3.8, 4) is 17.0 Å². The van der Waals surface area contributed by atoms with Crippen LogP contribution in [-0.4, -0.2) is 22.5 Å². The van der Waals surface area contributed by atoms with Crippen LogP contribution in [0.1, 0.15) is 13.8 Å². The summed E-state index contributed by atoms with van der Waals surface area (Å²) >= 11 is 0. The van der Waals surface area contributed by atoms with Crippen LogP contribution in [0.5, 0.6) is 5.75 Å². The highest BCUT2D eigenvalue weighted by Crippen LogP contribution is 2.30. The minimum atomic E-state index is -0.162. The average molecular weight is 272 g/mol. The van der Waals surface area contributed by atoms with E-state index in [4.69, 9.17) is 10.5 Å². The number of ether oxygens (including phenoxy) is 1. The molecule has 0 unspecified atom stereocenters. The van der Waals surface area contributed by atoms with Crippen LogP contribution in [0, 0.1) is 0 Å². The normalized spacial score (nSPS) is 10.1. The van der Waals surface area contributed by atoms with Gasteiger partial charge in [0.25, 0.3) is 0 Å². The molecule has 20 heavy (non-hydrogen) atoms. The maximum Gasteiger partial charge on any atom is 0.221 e. The predicted molar refractivity (Wildman–Crippen MR) is 77.4 cm³/mol. The number of nitrogens with two attached hydrogens (primary N) is 1. The number of rotatable bonds is 4. The molecule has 0 aliphatic carbocycles. The van der Waals surface area contributed by atoms with Gasteiger partial charge in [-0.2, -0.15) is 0 Å². The fourth-order valence-electron chi connectivity index (χ4n) is 1.79. The fourth-order valence-corrected chi connectivity index (χ4v) is 1.79. The SMILES string of the molecule is CCOc1ccc(-c2cc(N)ncn2)cc1NC(C)=O. The highest BCUT2D eigenvalue weighted by molar-refractivity contribution is 5.91. The molecule has 104 valence electrons. The van der Waals surface area contributed by atoms with Crippen LogP contribution in [0.4, 0.5) is 11.5 Å². The van der Waals surface area contributed by atoms with Crippen LogP contribution >= 0.6 is 0 Å². The molecule has 0 atom stereocenters. The molecule has 1 aromatic carbocycles. The zero-order valence-corrected chi connectivity index (χ0v) is 11.4. The summed E-state index contributed by atoms with van der Waals surface area (Å²) in [5.74, 6) is 0.851. The number of hydrogen-bond donors (Lipinski definition) is 2. The van der Waals surface area contributed by atoms with Gasteiger partial charge < -0.3 is 15.8 Å². The number of carbonyl (C=O) groups is 1. The Hall–Kier alpha value is -2.63. The molecular formula is C14H16N4O2. The minimum absolute atomic E-state index is 0.162. The predicted octanol–water partition coefficient (Wildman–Crippen LogP) is 2.08. The Balaban J connectivity index is 2.43. The van der Waals surface area contributed by atoms with Crippen molar-refractivity contribution in [2.24, 2.45) is 0 Å². The molecule has 0 saturated heterocycles. The second-order valence-electron chi connectivity index (χ2n) is 4.15. The van der Waals surface area contributed by atoms with Gasteiger partial charge in [0.05, 0.1) is 18.0 Å². The van der Waals surface area contributed by atoms with Gasteiger partial charge in [-0.05, 0) is 25.1 Å². The molecule has 0 aliphatic rings. The third-order valence-corrected chi connectivity index (χ3v) is 2.57. The Kier molecular flexibility index (Phi) is 4.14. The molecule has 1 heterocycles. The first-order chi connectivity index (χ1) is 9.60. The number of benzene rings is 1. The summed E-state index contributed by atoms with van der Waals surface area (Å²) in [7, 11) is 0. The molecule has 2 aromatic rings. The number of amides is 1. The van der Waals surface area contributed by atoms with Crippen molar-refractivity contribution in [2.75, 3.05) is 17.7 Å². The smallest absolute Gasteiger partial charge is 0.221 e. The zero-order valence-electron chi connectivity index (χ0n) is 11.4. The number of hydrogen-bond acceptors (Lipinski definition) is 5. The summed E-state index contributed by atoms with van der Waals surface area (Å²) in [6.07, 6.45) is 1.40. The third-order valence-electron chi connectivity index (χ3n) is 2.57. The second kappa shape index (κ2) is 6.01. The molecule has 0 aliphatic heterocycles. The Morgan fingerprint density at radius 3 is 2.80 bits per heavy atom. The highest BCUT2D eigenvalue weighted by atomic mass is 16.5. The molecule has 3 N–H and O–H groups in total. The molecule has 0 fully saturated rings. The molecule has 6 heteroatoms. The Morgan fingerprint density at radius 1 is 1.35 bits per heavy atom. The topological polar surface area (TPSA) is 90.1 Å². The van der Waals surface area contributed by atoms with E-state index in [0.29, 0.717) is 29.6 Å². The van der Waals surface area contributed by atoms with E-state index >= 15 is 0 Å². The van der Waals surface area contributed by atoms with Crippen LogP contribution in [0.15, 0.2) is 30.6 Å². The van der Waals surface area contributed by atoms with Gasteiger partial charge in [-0.25, -0.2) is 9.97 Å². The first-order valence-corrected chi connectivity index (χ1v) is 6.22. The molecule has 0 bridgehead atoms. The van der Waals surface area contributed by atoms with E-state index in [9.17, 15) is 4.79 Å². The number of aromatic nitrogens is 2. The van der Waals surface area contributed by atoms with Crippen LogP contribution in [0.25, 0.3) is 11.3 Å². The first kappa shape index (κ1) is 13.8. The summed E-state index contributed by atoms with van der Waals surface area (Å²) < 4.78 is 5.48. The molecule has 2 rings (SSSR count). The molecule has 6 nitrogen and oxygen atoms in total. The van der Waals surface area contributed by atoms with Crippen molar-refractivity contribution < 1.29 is 9.53 Å². The lowest BCUT2D eigenvalue weighted by atomic mass is 10.1. The standard InChI is InChI=1S/C14H16N4O2/c1-3-20-13-5-4-10(6-12(13)18-9(2)19)11-7-14(15)17-8-16-11/h4-8H,3H2,1-2H3,(H,18,19)(H2,15,16,17). The number of nitrogens with one attached hydrogen (secondary N) is 1. The van der Waals surface area contributed by atoms with Crippen molar-refractivity contribution in [3.63, 3.8) is 0 Å². The lowest BCUT2D eigenvalue weighted by Gasteiger charge is -2.12. The van der Waals surface area contributed by atoms with Gasteiger partial charge in [0.1, 0.15) is 17.9 Å². The van der Waals surface area contributed by atoms with E-state index in [1.807, 2.05) is 13.0 Å². The summed E-state index contributed by atoms with van der Waals surface area (Å²) in [5, 5.41) is 2.74. The van der Waals surface area contributed by atoms with E-state index in [1.54, 1.807) is 18.2 Å². The molecule has 1 aromatic heterocycles. The lowest BCUT2D eigenvalue weighted by Crippen LogP contribution is -2.08. The van der Waals surface area contributed by atoms with Crippen molar-refractivity contribution in [2.45, 2.75) is 13.8 Å². The fraction of sp³-hybridized carbons (Fsp3) is 0.214.